The van der Waals surface area contributed by atoms with Gasteiger partial charge in [0.15, 0.2) is 0 Å². The molecule has 19 heavy (non-hydrogen) atoms. The monoisotopic (exact) mass is 365 g/mol. The molecule has 100 valence electrons. The first-order valence-corrected chi connectivity index (χ1v) is 7.67. The van der Waals surface area contributed by atoms with Crippen molar-refractivity contribution in [2.75, 3.05) is 7.05 Å². The van der Waals surface area contributed by atoms with Crippen LogP contribution in [0.3, 0.4) is 0 Å². The van der Waals surface area contributed by atoms with Crippen LogP contribution in [0.2, 0.25) is 0 Å². The van der Waals surface area contributed by atoms with Crippen molar-refractivity contribution in [1.29, 1.82) is 0 Å². The maximum absolute atomic E-state index is 3.45. The van der Waals surface area contributed by atoms with Crippen LogP contribution < -0.4 is 5.32 Å². The van der Waals surface area contributed by atoms with Gasteiger partial charge in [-0.15, -0.1) is 0 Å². The fraction of sp³-hybridized carbons (Fsp3) is 0.294. The number of likely N-dealkylation sites (N-methyl/N-ethyl adjacent to an activating group) is 1. The zero-order valence-corrected chi connectivity index (χ0v) is 13.9. The summed E-state index contributed by atoms with van der Waals surface area (Å²) in [6.07, 6.45) is 1.03. The van der Waals surface area contributed by atoms with Crippen LogP contribution in [-0.2, 0) is 6.42 Å². The second kappa shape index (κ2) is 6.53. The first-order valence-electron chi connectivity index (χ1n) is 6.59. The van der Waals surface area contributed by atoms with Gasteiger partial charge in [-0.05, 0) is 72.7 Å². The van der Waals surface area contributed by atoms with E-state index in [1.807, 2.05) is 7.05 Å². The maximum atomic E-state index is 3.45. The molecule has 0 radical (unpaired) electrons. The third-order valence-electron chi connectivity index (χ3n) is 3.56. The second-order valence-corrected chi connectivity index (χ2v) is 6.16. The fourth-order valence-electron chi connectivity index (χ4n) is 2.37. The molecule has 2 heteroatoms. The maximum Gasteiger partial charge on any atom is 0.0369 e. The van der Waals surface area contributed by atoms with Crippen LogP contribution in [0.25, 0.3) is 0 Å². The van der Waals surface area contributed by atoms with Gasteiger partial charge < -0.3 is 5.32 Å². The van der Waals surface area contributed by atoms with Gasteiger partial charge >= 0.3 is 0 Å². The van der Waals surface area contributed by atoms with E-state index < -0.39 is 0 Å². The fourth-order valence-corrected chi connectivity index (χ4v) is 3.13. The van der Waals surface area contributed by atoms with E-state index in [4.69, 9.17) is 0 Å². The van der Waals surface area contributed by atoms with Gasteiger partial charge in [-0.3, -0.25) is 0 Å². The summed E-state index contributed by atoms with van der Waals surface area (Å²) < 4.78 is 1.32. The summed E-state index contributed by atoms with van der Waals surface area (Å²) in [5.41, 5.74) is 5.51. The molecule has 0 saturated heterocycles. The highest BCUT2D eigenvalue weighted by Crippen LogP contribution is 2.24. The zero-order valence-electron chi connectivity index (χ0n) is 11.7. The van der Waals surface area contributed by atoms with Gasteiger partial charge in [0.1, 0.15) is 0 Å². The van der Waals surface area contributed by atoms with Gasteiger partial charge in [0.2, 0.25) is 0 Å². The Morgan fingerprint density at radius 3 is 2.53 bits per heavy atom. The van der Waals surface area contributed by atoms with Crippen LogP contribution >= 0.6 is 22.6 Å². The molecule has 0 aliphatic carbocycles. The van der Waals surface area contributed by atoms with Crippen molar-refractivity contribution in [1.82, 2.24) is 5.32 Å². The number of aryl methyl sites for hydroxylation is 2. The largest absolute Gasteiger partial charge is 0.313 e. The second-order valence-electron chi connectivity index (χ2n) is 5.00. The lowest BCUT2D eigenvalue weighted by Gasteiger charge is -2.19. The number of rotatable bonds is 4. The quantitative estimate of drug-likeness (QED) is 0.792. The molecule has 0 aliphatic heterocycles. The highest BCUT2D eigenvalue weighted by atomic mass is 127. The lowest BCUT2D eigenvalue weighted by molar-refractivity contribution is 0.588. The van der Waals surface area contributed by atoms with Gasteiger partial charge in [-0.1, -0.05) is 42.0 Å². The normalized spacial score (nSPS) is 12.4. The SMILES string of the molecule is CNC(Cc1cc(C)ccc1C)c1ccccc1I. The topological polar surface area (TPSA) is 12.0 Å². The van der Waals surface area contributed by atoms with E-state index in [1.54, 1.807) is 0 Å². The Bertz CT molecular complexity index is 563. The highest BCUT2D eigenvalue weighted by molar-refractivity contribution is 14.1. The van der Waals surface area contributed by atoms with Crippen molar-refractivity contribution in [3.8, 4) is 0 Å². The first-order chi connectivity index (χ1) is 9.11. The minimum Gasteiger partial charge on any atom is -0.313 e. The van der Waals surface area contributed by atoms with E-state index in [0.717, 1.165) is 6.42 Å². The van der Waals surface area contributed by atoms with Crippen molar-refractivity contribution in [2.24, 2.45) is 0 Å². The third kappa shape index (κ3) is 3.57. The van der Waals surface area contributed by atoms with Crippen LogP contribution in [-0.4, -0.2) is 7.05 Å². The molecule has 0 saturated carbocycles. The molecule has 0 aliphatic rings. The Hall–Kier alpha value is -0.870. The summed E-state index contributed by atoms with van der Waals surface area (Å²) in [4.78, 5) is 0. The Kier molecular flexibility index (Phi) is 4.99. The van der Waals surface area contributed by atoms with Gasteiger partial charge in [0, 0.05) is 9.61 Å². The molecule has 0 heterocycles. The standard InChI is InChI=1S/C17H20IN/c1-12-8-9-13(2)14(10-12)11-17(19-3)15-6-4-5-7-16(15)18/h4-10,17,19H,11H2,1-3H3. The number of hydrogen-bond donors (Lipinski definition) is 1. The molecule has 1 nitrogen and oxygen atoms in total. The van der Waals surface area contributed by atoms with Crippen molar-refractivity contribution in [3.63, 3.8) is 0 Å². The summed E-state index contributed by atoms with van der Waals surface area (Å²) in [6.45, 7) is 4.35. The number of halogens is 1. The van der Waals surface area contributed by atoms with Crippen LogP contribution in [0.15, 0.2) is 42.5 Å². The van der Waals surface area contributed by atoms with E-state index in [0.29, 0.717) is 6.04 Å². The molecule has 1 N–H and O–H groups in total. The lowest BCUT2D eigenvalue weighted by atomic mass is 9.95. The summed E-state index contributed by atoms with van der Waals surface area (Å²) in [5.74, 6) is 0. The summed E-state index contributed by atoms with van der Waals surface area (Å²) >= 11 is 2.42. The number of hydrogen-bond acceptors (Lipinski definition) is 1. The van der Waals surface area contributed by atoms with E-state index in [-0.39, 0.29) is 0 Å². The molecule has 2 aromatic rings. The summed E-state index contributed by atoms with van der Waals surface area (Å²) in [5, 5.41) is 3.45. The molecule has 0 spiro atoms. The van der Waals surface area contributed by atoms with E-state index in [1.165, 1.54) is 25.8 Å². The average molecular weight is 365 g/mol. The van der Waals surface area contributed by atoms with Gasteiger partial charge in [0.25, 0.3) is 0 Å². The first kappa shape index (κ1) is 14.5. The van der Waals surface area contributed by atoms with Crippen LogP contribution in [0.1, 0.15) is 28.3 Å². The Morgan fingerprint density at radius 1 is 1.11 bits per heavy atom. The molecule has 2 rings (SSSR count). The van der Waals surface area contributed by atoms with Crippen molar-refractivity contribution >= 4 is 22.6 Å². The van der Waals surface area contributed by atoms with Gasteiger partial charge in [-0.2, -0.15) is 0 Å². The van der Waals surface area contributed by atoms with Gasteiger partial charge in [-0.25, -0.2) is 0 Å². The summed E-state index contributed by atoms with van der Waals surface area (Å²) in [7, 11) is 2.04. The lowest BCUT2D eigenvalue weighted by Crippen LogP contribution is -2.20. The molecule has 2 aromatic carbocycles. The zero-order chi connectivity index (χ0) is 13.8. The smallest absolute Gasteiger partial charge is 0.0369 e. The average Bonchev–Trinajstić information content (AvgIpc) is 2.41. The Labute approximate surface area is 129 Å². The molecule has 0 amide bonds. The number of benzene rings is 2. The predicted molar refractivity (Wildman–Crippen MR) is 90.6 cm³/mol. The number of nitrogens with one attached hydrogen (secondary N) is 1. The molecule has 0 bridgehead atoms. The highest BCUT2D eigenvalue weighted by Gasteiger charge is 2.13. The summed E-state index contributed by atoms with van der Waals surface area (Å²) in [6, 6.07) is 15.7. The molecular weight excluding hydrogens is 345 g/mol. The van der Waals surface area contributed by atoms with E-state index in [2.05, 4.69) is 84.2 Å². The molecular formula is C17H20IN. The van der Waals surface area contributed by atoms with Crippen molar-refractivity contribution < 1.29 is 0 Å². The Morgan fingerprint density at radius 2 is 1.84 bits per heavy atom. The Balaban J connectivity index is 2.29. The minimum absolute atomic E-state index is 0.369. The predicted octanol–water partition coefficient (Wildman–Crippen LogP) is 4.41. The minimum atomic E-state index is 0.369. The van der Waals surface area contributed by atoms with Crippen LogP contribution in [0, 0.1) is 17.4 Å². The third-order valence-corrected chi connectivity index (χ3v) is 4.54. The molecule has 1 atom stereocenters. The van der Waals surface area contributed by atoms with Crippen molar-refractivity contribution in [3.05, 3.63) is 68.3 Å². The van der Waals surface area contributed by atoms with Crippen molar-refractivity contribution in [2.45, 2.75) is 26.3 Å². The van der Waals surface area contributed by atoms with Gasteiger partial charge in [0.05, 0.1) is 0 Å². The van der Waals surface area contributed by atoms with Crippen LogP contribution in [0.4, 0.5) is 0 Å². The van der Waals surface area contributed by atoms with E-state index in [9.17, 15) is 0 Å². The van der Waals surface area contributed by atoms with Crippen LogP contribution in [0.5, 0.6) is 0 Å². The van der Waals surface area contributed by atoms with E-state index >= 15 is 0 Å². The molecule has 1 unspecified atom stereocenters. The molecule has 0 fully saturated rings. The molecule has 0 aromatic heterocycles.